The van der Waals surface area contributed by atoms with E-state index in [0.717, 1.165) is 16.7 Å². The van der Waals surface area contributed by atoms with Gasteiger partial charge in [-0.15, -0.1) is 0 Å². The van der Waals surface area contributed by atoms with Gasteiger partial charge in [0.25, 0.3) is 5.91 Å². The molecule has 2 heterocycles. The Labute approximate surface area is 288 Å². The van der Waals surface area contributed by atoms with Crippen molar-refractivity contribution in [3.63, 3.8) is 0 Å². The second kappa shape index (κ2) is 15.4. The third kappa shape index (κ3) is 7.16. The lowest BCUT2D eigenvalue weighted by atomic mass is 9.80. The van der Waals surface area contributed by atoms with E-state index in [1.165, 1.54) is 12.7 Å². The summed E-state index contributed by atoms with van der Waals surface area (Å²) in [4.78, 5) is 39.0. The second-order valence-corrected chi connectivity index (χ2v) is 11.3. The van der Waals surface area contributed by atoms with Crippen LogP contribution in [0.25, 0.3) is 11.2 Å². The van der Waals surface area contributed by atoms with Gasteiger partial charge in [0, 0.05) is 5.56 Å². The molecule has 0 aliphatic heterocycles. The van der Waals surface area contributed by atoms with Gasteiger partial charge in [-0.1, -0.05) is 72.8 Å². The maximum Gasteiger partial charge on any atom is 0.256 e. The van der Waals surface area contributed by atoms with Crippen LogP contribution in [0.1, 0.15) is 27.0 Å². The van der Waals surface area contributed by atoms with E-state index >= 15 is 0 Å². The molecule has 2 aromatic heterocycles. The van der Waals surface area contributed by atoms with Crippen LogP contribution in [0.2, 0.25) is 0 Å². The quantitative estimate of drug-likeness (QED) is 0.141. The number of benzene rings is 4. The van der Waals surface area contributed by atoms with Crippen LogP contribution in [0.4, 0.5) is 5.82 Å². The van der Waals surface area contributed by atoms with Gasteiger partial charge in [0.2, 0.25) is 5.91 Å². The highest BCUT2D eigenvalue weighted by atomic mass is 16.5. The largest absolute Gasteiger partial charge is 0.497 e. The van der Waals surface area contributed by atoms with Gasteiger partial charge in [-0.25, -0.2) is 15.0 Å². The number of nitrogens with one attached hydrogen (secondary N) is 2. The van der Waals surface area contributed by atoms with Crippen molar-refractivity contribution in [1.29, 1.82) is 0 Å². The van der Waals surface area contributed by atoms with Crippen LogP contribution >= 0.6 is 0 Å². The molecule has 254 valence electrons. The fourth-order valence-corrected chi connectivity index (χ4v) is 5.73. The smallest absolute Gasteiger partial charge is 0.256 e. The maximum absolute atomic E-state index is 13.4. The van der Waals surface area contributed by atoms with E-state index in [4.69, 9.17) is 14.2 Å². The van der Waals surface area contributed by atoms with E-state index in [9.17, 15) is 14.7 Å². The summed E-state index contributed by atoms with van der Waals surface area (Å²) in [7, 11) is 3.21. The number of nitrogens with zero attached hydrogens (tertiary/aromatic N) is 4. The molecular weight excluding hydrogens is 636 g/mol. The average molecular weight is 673 g/mol. The van der Waals surface area contributed by atoms with Gasteiger partial charge < -0.3 is 34.5 Å². The summed E-state index contributed by atoms with van der Waals surface area (Å²) in [5, 5.41) is 16.1. The van der Waals surface area contributed by atoms with Crippen molar-refractivity contribution in [3.8, 4) is 11.5 Å². The van der Waals surface area contributed by atoms with Crippen molar-refractivity contribution in [1.82, 2.24) is 24.8 Å². The van der Waals surface area contributed by atoms with Crippen LogP contribution in [0.5, 0.6) is 11.5 Å². The maximum atomic E-state index is 13.4. The SMILES string of the molecule is COc1ccc(C(OCC(CO)NC(=O)Cn2cnc3c(NC(=O)c4ccccc4)ncnc32)(c2ccccc2)c2ccc(OC)cc2)cc1. The summed E-state index contributed by atoms with van der Waals surface area (Å²) in [6.45, 7) is -0.584. The molecule has 0 bridgehead atoms. The number of aliphatic hydroxyl groups is 1. The molecule has 12 heteroatoms. The third-order valence-corrected chi connectivity index (χ3v) is 8.24. The number of ether oxygens (including phenoxy) is 3. The number of hydrogen-bond donors (Lipinski definition) is 3. The topological polar surface area (TPSA) is 150 Å². The Morgan fingerprint density at radius 2 is 1.36 bits per heavy atom. The van der Waals surface area contributed by atoms with Crippen LogP contribution in [0.3, 0.4) is 0 Å². The number of imidazole rings is 1. The van der Waals surface area contributed by atoms with Gasteiger partial charge in [0.1, 0.15) is 30.0 Å². The highest BCUT2D eigenvalue weighted by Crippen LogP contribution is 2.41. The van der Waals surface area contributed by atoms with Crippen molar-refractivity contribution in [2.45, 2.75) is 18.2 Å². The van der Waals surface area contributed by atoms with Gasteiger partial charge in [-0.3, -0.25) is 9.59 Å². The molecule has 50 heavy (non-hydrogen) atoms. The number of rotatable bonds is 14. The van der Waals surface area contributed by atoms with Crippen molar-refractivity contribution in [2.75, 3.05) is 32.8 Å². The summed E-state index contributed by atoms with van der Waals surface area (Å²) in [5.41, 5.74) is 2.50. The Morgan fingerprint density at radius 3 is 1.94 bits per heavy atom. The average Bonchev–Trinajstić information content (AvgIpc) is 3.58. The van der Waals surface area contributed by atoms with Gasteiger partial charge in [-0.05, 0) is 53.1 Å². The summed E-state index contributed by atoms with van der Waals surface area (Å²) in [6.07, 6.45) is 2.75. The fourth-order valence-electron chi connectivity index (χ4n) is 5.73. The number of carbonyl (C=O) groups is 2. The van der Waals surface area contributed by atoms with Gasteiger partial charge in [-0.2, -0.15) is 0 Å². The molecule has 1 unspecified atom stereocenters. The lowest BCUT2D eigenvalue weighted by Crippen LogP contribution is -2.45. The molecule has 0 spiro atoms. The van der Waals surface area contributed by atoms with E-state index in [1.807, 2.05) is 84.9 Å². The fraction of sp³-hybridized carbons (Fsp3) is 0.184. The second-order valence-electron chi connectivity index (χ2n) is 11.3. The Bertz CT molecular complexity index is 1990. The molecule has 2 amide bonds. The number of methoxy groups -OCH3 is 2. The molecular formula is C38H36N6O6. The highest BCUT2D eigenvalue weighted by Gasteiger charge is 2.38. The molecule has 6 aromatic rings. The van der Waals surface area contributed by atoms with Gasteiger partial charge in [0.15, 0.2) is 17.0 Å². The van der Waals surface area contributed by atoms with Crippen LogP contribution < -0.4 is 20.1 Å². The van der Waals surface area contributed by atoms with Crippen molar-refractivity contribution >= 4 is 28.8 Å². The zero-order chi connectivity index (χ0) is 34.9. The first-order valence-corrected chi connectivity index (χ1v) is 15.9. The van der Waals surface area contributed by atoms with E-state index in [1.54, 1.807) is 43.1 Å². The monoisotopic (exact) mass is 672 g/mol. The molecule has 12 nitrogen and oxygen atoms in total. The van der Waals surface area contributed by atoms with E-state index < -0.39 is 17.6 Å². The molecule has 4 aromatic carbocycles. The van der Waals surface area contributed by atoms with E-state index in [-0.39, 0.29) is 31.5 Å². The highest BCUT2D eigenvalue weighted by molar-refractivity contribution is 6.06. The standard InChI is InChI=1S/C38H36N6O6/c1-48-31-17-13-28(14-18-31)38(27-11-7-4-8-12-27,29-15-19-32(49-2)20-16-29)50-23-30(22-45)42-33(46)21-44-25-41-34-35(39-24-40-36(34)44)43-37(47)26-9-5-3-6-10-26/h3-20,24-25,30,45H,21-23H2,1-2H3,(H,42,46)(H,39,40,43,47). The zero-order valence-corrected chi connectivity index (χ0v) is 27.5. The Hall–Kier alpha value is -6.11. The lowest BCUT2D eigenvalue weighted by molar-refractivity contribution is -0.123. The minimum Gasteiger partial charge on any atom is -0.497 e. The first-order chi connectivity index (χ1) is 24.4. The van der Waals surface area contributed by atoms with Crippen LogP contribution in [0.15, 0.2) is 122 Å². The van der Waals surface area contributed by atoms with E-state index in [2.05, 4.69) is 25.6 Å². The Morgan fingerprint density at radius 1 is 0.780 bits per heavy atom. The summed E-state index contributed by atoms with van der Waals surface area (Å²) in [5.74, 6) is 0.848. The molecule has 1 atom stereocenters. The number of hydrogen-bond acceptors (Lipinski definition) is 9. The van der Waals surface area contributed by atoms with Crippen molar-refractivity contribution < 1.29 is 28.9 Å². The van der Waals surface area contributed by atoms with Crippen molar-refractivity contribution in [3.05, 3.63) is 144 Å². The summed E-state index contributed by atoms with van der Waals surface area (Å²) in [6, 6.07) is 32.9. The number of carbonyl (C=O) groups excluding carboxylic acids is 2. The summed E-state index contributed by atoms with van der Waals surface area (Å²) < 4.78 is 19.2. The molecule has 0 saturated heterocycles. The molecule has 0 fully saturated rings. The zero-order valence-electron chi connectivity index (χ0n) is 27.5. The Kier molecular flexibility index (Phi) is 10.4. The molecule has 0 saturated carbocycles. The normalized spacial score (nSPS) is 11.9. The molecule has 3 N–H and O–H groups in total. The number of aliphatic hydroxyl groups excluding tert-OH is 1. The summed E-state index contributed by atoms with van der Waals surface area (Å²) >= 11 is 0. The minimum atomic E-state index is -1.13. The van der Waals surface area contributed by atoms with Gasteiger partial charge >= 0.3 is 0 Å². The number of aromatic nitrogens is 4. The predicted octanol–water partition coefficient (Wildman–Crippen LogP) is 4.58. The first kappa shape index (κ1) is 33.8. The predicted molar refractivity (Wildman–Crippen MR) is 187 cm³/mol. The minimum absolute atomic E-state index is 0.0439. The third-order valence-electron chi connectivity index (χ3n) is 8.24. The number of anilines is 1. The van der Waals surface area contributed by atoms with E-state index in [0.29, 0.717) is 28.2 Å². The van der Waals surface area contributed by atoms with Crippen molar-refractivity contribution in [2.24, 2.45) is 0 Å². The molecule has 0 aliphatic carbocycles. The first-order valence-electron chi connectivity index (χ1n) is 15.9. The molecule has 0 radical (unpaired) electrons. The van der Waals surface area contributed by atoms with Crippen LogP contribution in [-0.2, 0) is 21.7 Å². The molecule has 0 aliphatic rings. The van der Waals surface area contributed by atoms with Crippen LogP contribution in [0, 0.1) is 0 Å². The van der Waals surface area contributed by atoms with Crippen LogP contribution in [-0.4, -0.2) is 69.9 Å². The lowest BCUT2D eigenvalue weighted by Gasteiger charge is -2.37. The number of amides is 2. The molecule has 6 rings (SSSR count). The van der Waals surface area contributed by atoms with Gasteiger partial charge in [0.05, 0.1) is 39.8 Å². The Balaban J connectivity index is 1.23. The number of fused-ring (bicyclic) bond motifs is 1.